The minimum Gasteiger partial charge on any atom is -0.449 e. The largest absolute Gasteiger partial charge is 0.449 e. The molecule has 3 aromatic rings. The van der Waals surface area contributed by atoms with Crippen LogP contribution in [-0.4, -0.2) is 17.9 Å². The molecule has 5 nitrogen and oxygen atoms in total. The van der Waals surface area contributed by atoms with Crippen molar-refractivity contribution >= 4 is 23.6 Å². The normalized spacial score (nSPS) is 20.6. The molecular formula is C30H29FN2O3. The topological polar surface area (TPSA) is 58.6 Å². The maximum Gasteiger partial charge on any atom is 0.294 e. The van der Waals surface area contributed by atoms with E-state index in [9.17, 15) is 14.0 Å². The third kappa shape index (κ3) is 5.18. The average molecular weight is 485 g/mol. The molecule has 0 spiro atoms. The molecule has 2 atom stereocenters. The molecule has 1 aliphatic carbocycles. The number of hydrogen-bond donors (Lipinski definition) is 1. The molecule has 1 N–H and O–H groups in total. The number of halogens is 1. The molecule has 2 aliphatic rings. The van der Waals surface area contributed by atoms with Gasteiger partial charge in [-0.15, -0.1) is 0 Å². The molecule has 6 heteroatoms. The van der Waals surface area contributed by atoms with Gasteiger partial charge in [0.05, 0.1) is 12.2 Å². The van der Waals surface area contributed by atoms with Crippen LogP contribution in [0.15, 0.2) is 78.6 Å². The summed E-state index contributed by atoms with van der Waals surface area (Å²) >= 11 is 0. The van der Waals surface area contributed by atoms with Crippen LogP contribution in [0, 0.1) is 11.7 Å². The van der Waals surface area contributed by atoms with E-state index in [4.69, 9.17) is 4.74 Å². The highest BCUT2D eigenvalue weighted by atomic mass is 19.1. The second kappa shape index (κ2) is 10.4. The third-order valence-corrected chi connectivity index (χ3v) is 6.96. The maximum atomic E-state index is 13.8. The number of nitrogens with one attached hydrogen (secondary N) is 1. The van der Waals surface area contributed by atoms with Crippen LogP contribution in [0.2, 0.25) is 0 Å². The number of carbonyl (C=O) groups excluding carboxylic acids is 2. The predicted octanol–water partition coefficient (Wildman–Crippen LogP) is 6.10. The van der Waals surface area contributed by atoms with Crippen molar-refractivity contribution in [2.75, 3.05) is 4.90 Å². The molecule has 1 heterocycles. The van der Waals surface area contributed by atoms with Crippen LogP contribution < -0.4 is 15.0 Å². The molecule has 1 saturated carbocycles. The number of para-hydroxylation sites is 2. The summed E-state index contributed by atoms with van der Waals surface area (Å²) < 4.78 is 19.7. The van der Waals surface area contributed by atoms with Gasteiger partial charge in [0.15, 0.2) is 11.5 Å². The Morgan fingerprint density at radius 3 is 2.61 bits per heavy atom. The highest BCUT2D eigenvalue weighted by Gasteiger charge is 2.30. The summed E-state index contributed by atoms with van der Waals surface area (Å²) in [6.45, 7) is 2.41. The van der Waals surface area contributed by atoms with Gasteiger partial charge in [0, 0.05) is 11.6 Å². The molecule has 36 heavy (non-hydrogen) atoms. The van der Waals surface area contributed by atoms with Crippen molar-refractivity contribution in [2.45, 2.75) is 45.2 Å². The lowest BCUT2D eigenvalue weighted by atomic mass is 9.86. The first-order valence-electron chi connectivity index (χ1n) is 12.4. The number of anilines is 1. The lowest BCUT2D eigenvalue weighted by Crippen LogP contribution is -2.41. The zero-order chi connectivity index (χ0) is 25.1. The molecule has 0 saturated heterocycles. The first-order chi connectivity index (χ1) is 17.5. The second-order valence-corrected chi connectivity index (χ2v) is 9.56. The molecule has 5 rings (SSSR count). The van der Waals surface area contributed by atoms with Gasteiger partial charge in [-0.25, -0.2) is 4.39 Å². The Morgan fingerprint density at radius 2 is 1.83 bits per heavy atom. The minimum atomic E-state index is -0.348. The van der Waals surface area contributed by atoms with E-state index in [1.54, 1.807) is 53.4 Å². The highest BCUT2D eigenvalue weighted by Crippen LogP contribution is 2.36. The van der Waals surface area contributed by atoms with Gasteiger partial charge in [0.25, 0.3) is 11.8 Å². The van der Waals surface area contributed by atoms with Gasteiger partial charge in [-0.1, -0.05) is 56.2 Å². The minimum absolute atomic E-state index is 0.0758. The lowest BCUT2D eigenvalue weighted by Gasteiger charge is -2.30. The highest BCUT2D eigenvalue weighted by molar-refractivity contribution is 6.09. The first-order valence-corrected chi connectivity index (χ1v) is 12.4. The van der Waals surface area contributed by atoms with Crippen LogP contribution >= 0.6 is 0 Å². The summed E-state index contributed by atoms with van der Waals surface area (Å²) in [6.07, 6.45) is 6.20. The summed E-state index contributed by atoms with van der Waals surface area (Å²) in [7, 11) is 0. The van der Waals surface area contributed by atoms with Crippen LogP contribution in [0.4, 0.5) is 10.1 Å². The maximum absolute atomic E-state index is 13.8. The first kappa shape index (κ1) is 23.8. The fourth-order valence-corrected chi connectivity index (χ4v) is 4.90. The number of benzene rings is 3. The van der Waals surface area contributed by atoms with E-state index in [0.29, 0.717) is 28.5 Å². The van der Waals surface area contributed by atoms with Crippen LogP contribution in [0.3, 0.4) is 0 Å². The van der Waals surface area contributed by atoms with Crippen molar-refractivity contribution in [3.63, 3.8) is 0 Å². The Balaban J connectivity index is 1.35. The second-order valence-electron chi connectivity index (χ2n) is 9.56. The van der Waals surface area contributed by atoms with Crippen molar-refractivity contribution in [3.05, 3.63) is 101 Å². The summed E-state index contributed by atoms with van der Waals surface area (Å²) in [5.74, 6) is 0.466. The fraction of sp³-hybridized carbons (Fsp3) is 0.267. The molecule has 3 aromatic carbocycles. The van der Waals surface area contributed by atoms with Crippen LogP contribution in [0.5, 0.6) is 5.75 Å². The van der Waals surface area contributed by atoms with Gasteiger partial charge < -0.3 is 10.1 Å². The number of amides is 2. The summed E-state index contributed by atoms with van der Waals surface area (Å²) in [5.41, 5.74) is 2.64. The SMILES string of the molecule is C[C@H]1CCCC[C@H]1NC(=O)c1ccc(/C=C2\Oc3ccccc3N(Cc3cccc(F)c3)C2=O)cc1. The molecule has 0 bridgehead atoms. The summed E-state index contributed by atoms with van der Waals surface area (Å²) in [5, 5.41) is 3.17. The quantitative estimate of drug-likeness (QED) is 0.445. The van der Waals surface area contributed by atoms with Crippen molar-refractivity contribution in [1.29, 1.82) is 0 Å². The Kier molecular flexibility index (Phi) is 6.85. The Bertz CT molecular complexity index is 1300. The predicted molar refractivity (Wildman–Crippen MR) is 138 cm³/mol. The van der Waals surface area contributed by atoms with Crippen LogP contribution in [-0.2, 0) is 11.3 Å². The van der Waals surface area contributed by atoms with E-state index in [1.807, 2.05) is 18.2 Å². The van der Waals surface area contributed by atoms with Crippen molar-refractivity contribution < 1.29 is 18.7 Å². The van der Waals surface area contributed by atoms with Gasteiger partial charge in [-0.05, 0) is 72.4 Å². The van der Waals surface area contributed by atoms with E-state index in [1.165, 1.54) is 18.6 Å². The molecule has 184 valence electrons. The van der Waals surface area contributed by atoms with Crippen molar-refractivity contribution in [1.82, 2.24) is 5.32 Å². The molecule has 1 fully saturated rings. The smallest absolute Gasteiger partial charge is 0.294 e. The summed E-state index contributed by atoms with van der Waals surface area (Å²) in [4.78, 5) is 27.7. The zero-order valence-electron chi connectivity index (χ0n) is 20.2. The van der Waals surface area contributed by atoms with E-state index in [2.05, 4.69) is 12.2 Å². The van der Waals surface area contributed by atoms with Crippen molar-refractivity contribution in [2.24, 2.45) is 5.92 Å². The van der Waals surface area contributed by atoms with E-state index in [0.717, 1.165) is 24.8 Å². The third-order valence-electron chi connectivity index (χ3n) is 6.96. The van der Waals surface area contributed by atoms with Gasteiger partial charge in [-0.3, -0.25) is 14.5 Å². The number of rotatable bonds is 5. The lowest BCUT2D eigenvalue weighted by molar-refractivity contribution is -0.117. The zero-order valence-corrected chi connectivity index (χ0v) is 20.2. The number of hydrogen-bond acceptors (Lipinski definition) is 3. The molecule has 0 radical (unpaired) electrons. The number of fused-ring (bicyclic) bond motifs is 1. The van der Waals surface area contributed by atoms with E-state index >= 15 is 0 Å². The Labute approximate surface area is 210 Å². The molecule has 0 aromatic heterocycles. The number of ether oxygens (including phenoxy) is 1. The number of carbonyl (C=O) groups is 2. The molecule has 2 amide bonds. The van der Waals surface area contributed by atoms with E-state index in [-0.39, 0.29) is 36.0 Å². The fourth-order valence-electron chi connectivity index (χ4n) is 4.90. The van der Waals surface area contributed by atoms with Gasteiger partial charge in [-0.2, -0.15) is 0 Å². The number of nitrogens with zero attached hydrogens (tertiary/aromatic N) is 1. The molecule has 0 unspecified atom stereocenters. The standard InChI is InChI=1S/C30H29FN2O3/c1-20-7-2-3-10-25(20)32-29(34)23-15-13-21(14-16-23)18-28-30(35)33(19-22-8-6-9-24(31)17-22)26-11-4-5-12-27(26)36-28/h4-6,8-9,11-18,20,25H,2-3,7,10,19H2,1H3,(H,32,34)/b28-18-/t20-,25+/m0/s1. The van der Waals surface area contributed by atoms with Crippen LogP contribution in [0.1, 0.15) is 54.1 Å². The molecular weight excluding hydrogens is 455 g/mol. The van der Waals surface area contributed by atoms with Crippen molar-refractivity contribution in [3.8, 4) is 5.75 Å². The van der Waals surface area contributed by atoms with Gasteiger partial charge in [0.2, 0.25) is 0 Å². The Morgan fingerprint density at radius 1 is 1.06 bits per heavy atom. The van der Waals surface area contributed by atoms with Crippen LogP contribution in [0.25, 0.3) is 6.08 Å². The monoisotopic (exact) mass is 484 g/mol. The van der Waals surface area contributed by atoms with Gasteiger partial charge >= 0.3 is 0 Å². The molecule has 1 aliphatic heterocycles. The average Bonchev–Trinajstić information content (AvgIpc) is 2.88. The Hall–Kier alpha value is -3.93. The van der Waals surface area contributed by atoms with Gasteiger partial charge in [0.1, 0.15) is 5.82 Å². The summed E-state index contributed by atoms with van der Waals surface area (Å²) in [6, 6.07) is 20.9. The van der Waals surface area contributed by atoms with E-state index < -0.39 is 0 Å².